The zero-order valence-corrected chi connectivity index (χ0v) is 12.7. The molecule has 1 aromatic carbocycles. The van der Waals surface area contributed by atoms with Crippen LogP contribution in [0.2, 0.25) is 0 Å². The molecule has 1 aliphatic carbocycles. The third-order valence-corrected chi connectivity index (χ3v) is 3.55. The summed E-state index contributed by atoms with van der Waals surface area (Å²) < 4.78 is 1.57. The van der Waals surface area contributed by atoms with Crippen molar-refractivity contribution in [1.29, 1.82) is 0 Å². The van der Waals surface area contributed by atoms with E-state index < -0.39 is 0 Å². The molecule has 2 amide bonds. The number of para-hydroxylation sites is 1. The van der Waals surface area contributed by atoms with Crippen molar-refractivity contribution in [2.75, 3.05) is 11.9 Å². The number of anilines is 1. The summed E-state index contributed by atoms with van der Waals surface area (Å²) in [4.78, 5) is 24.1. The summed E-state index contributed by atoms with van der Waals surface area (Å²) in [6, 6.07) is 11.0. The molecule has 0 unspecified atom stereocenters. The van der Waals surface area contributed by atoms with Gasteiger partial charge in [-0.2, -0.15) is 5.10 Å². The van der Waals surface area contributed by atoms with Crippen molar-refractivity contribution in [3.8, 4) is 5.69 Å². The Kier molecular flexibility index (Phi) is 4.23. The van der Waals surface area contributed by atoms with Crippen LogP contribution >= 0.6 is 0 Å². The number of rotatable bonds is 6. The topological polar surface area (TPSA) is 76.0 Å². The zero-order chi connectivity index (χ0) is 16.2. The van der Waals surface area contributed by atoms with Gasteiger partial charge >= 0.3 is 0 Å². The molecule has 23 heavy (non-hydrogen) atoms. The SMILES string of the molecule is C=CCNC(=O)c1cc(NC(=O)C2CC2)n(-c2ccccc2)n1. The fraction of sp³-hybridized carbons (Fsp3) is 0.235. The van der Waals surface area contributed by atoms with Gasteiger partial charge in [0.05, 0.1) is 5.69 Å². The minimum absolute atomic E-state index is 0.0277. The molecular formula is C17H18N4O2. The number of carbonyl (C=O) groups excluding carboxylic acids is 2. The maximum absolute atomic E-state index is 12.1. The van der Waals surface area contributed by atoms with Crippen molar-refractivity contribution in [3.05, 3.63) is 54.7 Å². The van der Waals surface area contributed by atoms with Crippen molar-refractivity contribution in [1.82, 2.24) is 15.1 Å². The maximum Gasteiger partial charge on any atom is 0.272 e. The number of aromatic nitrogens is 2. The van der Waals surface area contributed by atoms with Gasteiger partial charge in [-0.15, -0.1) is 6.58 Å². The number of amides is 2. The van der Waals surface area contributed by atoms with E-state index in [9.17, 15) is 9.59 Å². The van der Waals surface area contributed by atoms with E-state index in [0.717, 1.165) is 18.5 Å². The number of carbonyl (C=O) groups is 2. The van der Waals surface area contributed by atoms with Crippen LogP contribution in [0, 0.1) is 5.92 Å². The molecule has 1 saturated carbocycles. The van der Waals surface area contributed by atoms with Crippen LogP contribution in [0.1, 0.15) is 23.3 Å². The molecule has 118 valence electrons. The average molecular weight is 310 g/mol. The molecule has 6 nitrogen and oxygen atoms in total. The van der Waals surface area contributed by atoms with Gasteiger partial charge in [0.2, 0.25) is 5.91 Å². The van der Waals surface area contributed by atoms with E-state index in [2.05, 4.69) is 22.3 Å². The second-order valence-corrected chi connectivity index (χ2v) is 5.42. The lowest BCUT2D eigenvalue weighted by Gasteiger charge is -2.08. The van der Waals surface area contributed by atoms with Gasteiger partial charge in [0.1, 0.15) is 5.82 Å². The lowest BCUT2D eigenvalue weighted by molar-refractivity contribution is -0.117. The molecule has 1 heterocycles. The molecule has 1 fully saturated rings. The molecule has 1 aliphatic rings. The number of nitrogens with zero attached hydrogens (tertiary/aromatic N) is 2. The van der Waals surface area contributed by atoms with Crippen molar-refractivity contribution < 1.29 is 9.59 Å². The van der Waals surface area contributed by atoms with Crippen LogP contribution in [-0.2, 0) is 4.79 Å². The fourth-order valence-corrected chi connectivity index (χ4v) is 2.18. The summed E-state index contributed by atoms with van der Waals surface area (Å²) in [6.45, 7) is 3.93. The van der Waals surface area contributed by atoms with Gasteiger partial charge in [-0.3, -0.25) is 9.59 Å². The summed E-state index contributed by atoms with van der Waals surface area (Å²) in [6.07, 6.45) is 3.43. The molecule has 0 spiro atoms. The van der Waals surface area contributed by atoms with Crippen molar-refractivity contribution in [2.45, 2.75) is 12.8 Å². The third-order valence-electron chi connectivity index (χ3n) is 3.55. The van der Waals surface area contributed by atoms with Gasteiger partial charge in [0, 0.05) is 18.5 Å². The Morgan fingerprint density at radius 1 is 1.30 bits per heavy atom. The highest BCUT2D eigenvalue weighted by Gasteiger charge is 2.30. The monoisotopic (exact) mass is 310 g/mol. The minimum atomic E-state index is -0.304. The molecule has 2 aromatic rings. The van der Waals surface area contributed by atoms with Crippen LogP contribution in [0.4, 0.5) is 5.82 Å². The molecule has 0 bridgehead atoms. The van der Waals surface area contributed by atoms with Crippen molar-refractivity contribution >= 4 is 17.6 Å². The standard InChI is InChI=1S/C17H18N4O2/c1-2-10-18-17(23)14-11-15(19-16(22)12-8-9-12)21(20-14)13-6-4-3-5-7-13/h2-7,11-12H,1,8-10H2,(H,18,23)(H,19,22). The van der Waals surface area contributed by atoms with Crippen LogP contribution < -0.4 is 10.6 Å². The van der Waals surface area contributed by atoms with Gasteiger partial charge in [0.15, 0.2) is 5.69 Å². The number of hydrogen-bond donors (Lipinski definition) is 2. The first-order valence-electron chi connectivity index (χ1n) is 7.54. The van der Waals surface area contributed by atoms with Crippen LogP contribution in [-0.4, -0.2) is 28.1 Å². The Morgan fingerprint density at radius 2 is 2.04 bits per heavy atom. The lowest BCUT2D eigenvalue weighted by atomic mass is 10.3. The van der Waals surface area contributed by atoms with Crippen LogP contribution in [0.3, 0.4) is 0 Å². The molecule has 0 aliphatic heterocycles. The van der Waals surface area contributed by atoms with Gasteiger partial charge in [-0.05, 0) is 25.0 Å². The minimum Gasteiger partial charge on any atom is -0.347 e. The summed E-state index contributed by atoms with van der Waals surface area (Å²) >= 11 is 0. The molecule has 3 rings (SSSR count). The van der Waals surface area contributed by atoms with E-state index >= 15 is 0 Å². The smallest absolute Gasteiger partial charge is 0.272 e. The predicted octanol–water partition coefficient (Wildman–Crippen LogP) is 2.14. The van der Waals surface area contributed by atoms with Crippen LogP contribution in [0.25, 0.3) is 5.69 Å². The van der Waals surface area contributed by atoms with E-state index in [4.69, 9.17) is 0 Å². The Bertz CT molecular complexity index is 732. The summed E-state index contributed by atoms with van der Waals surface area (Å²) in [5.41, 5.74) is 1.03. The van der Waals surface area contributed by atoms with Gasteiger partial charge in [-0.1, -0.05) is 24.3 Å². The first-order chi connectivity index (χ1) is 11.2. The molecule has 0 radical (unpaired) electrons. The second-order valence-electron chi connectivity index (χ2n) is 5.42. The molecule has 2 N–H and O–H groups in total. The number of nitrogens with one attached hydrogen (secondary N) is 2. The molecular weight excluding hydrogens is 292 g/mol. The highest BCUT2D eigenvalue weighted by atomic mass is 16.2. The number of benzene rings is 1. The quantitative estimate of drug-likeness (QED) is 0.803. The number of hydrogen-bond acceptors (Lipinski definition) is 3. The average Bonchev–Trinajstić information content (AvgIpc) is 3.34. The first-order valence-corrected chi connectivity index (χ1v) is 7.54. The van der Waals surface area contributed by atoms with E-state index in [0.29, 0.717) is 12.4 Å². The van der Waals surface area contributed by atoms with E-state index in [1.165, 1.54) is 0 Å². The Morgan fingerprint density at radius 3 is 2.70 bits per heavy atom. The second kappa shape index (κ2) is 6.48. The Labute approximate surface area is 134 Å². The third kappa shape index (κ3) is 3.48. The molecule has 0 atom stereocenters. The highest BCUT2D eigenvalue weighted by molar-refractivity contribution is 5.97. The van der Waals surface area contributed by atoms with Gasteiger partial charge in [0.25, 0.3) is 5.91 Å². The fourth-order valence-electron chi connectivity index (χ4n) is 2.18. The first kappa shape index (κ1) is 15.0. The van der Waals surface area contributed by atoms with Crippen LogP contribution in [0.15, 0.2) is 49.1 Å². The van der Waals surface area contributed by atoms with Crippen molar-refractivity contribution in [2.24, 2.45) is 5.92 Å². The van der Waals surface area contributed by atoms with E-state index in [-0.39, 0.29) is 23.4 Å². The molecule has 0 saturated heterocycles. The predicted molar refractivity (Wildman–Crippen MR) is 87.4 cm³/mol. The summed E-state index contributed by atoms with van der Waals surface area (Å²) in [5.74, 6) is 0.241. The molecule has 6 heteroatoms. The maximum atomic E-state index is 12.1. The van der Waals surface area contributed by atoms with Gasteiger partial charge in [-0.25, -0.2) is 4.68 Å². The Hall–Kier alpha value is -2.89. The van der Waals surface area contributed by atoms with Gasteiger partial charge < -0.3 is 10.6 Å². The zero-order valence-electron chi connectivity index (χ0n) is 12.7. The van der Waals surface area contributed by atoms with Crippen LogP contribution in [0.5, 0.6) is 0 Å². The molecule has 1 aromatic heterocycles. The van der Waals surface area contributed by atoms with E-state index in [1.54, 1.807) is 16.8 Å². The lowest BCUT2D eigenvalue weighted by Crippen LogP contribution is -2.23. The summed E-state index contributed by atoms with van der Waals surface area (Å²) in [5, 5.41) is 9.87. The largest absolute Gasteiger partial charge is 0.347 e. The highest BCUT2D eigenvalue weighted by Crippen LogP contribution is 2.30. The Balaban J connectivity index is 1.91. The van der Waals surface area contributed by atoms with Crippen molar-refractivity contribution in [3.63, 3.8) is 0 Å². The van der Waals surface area contributed by atoms with E-state index in [1.807, 2.05) is 30.3 Å². The normalized spacial score (nSPS) is 13.4. The summed E-state index contributed by atoms with van der Waals surface area (Å²) in [7, 11) is 0.